The predicted molar refractivity (Wildman–Crippen MR) is 66.8 cm³/mol. The van der Waals surface area contributed by atoms with E-state index in [0.29, 0.717) is 12.2 Å². The van der Waals surface area contributed by atoms with E-state index in [1.807, 2.05) is 6.92 Å². The molecular weight excluding hydrogens is 237 g/mol. The summed E-state index contributed by atoms with van der Waals surface area (Å²) in [5.41, 5.74) is 5.08. The Morgan fingerprint density at radius 1 is 1.39 bits per heavy atom. The van der Waals surface area contributed by atoms with Crippen LogP contribution in [0.5, 0.6) is 0 Å². The first-order valence-corrected chi connectivity index (χ1v) is 5.68. The van der Waals surface area contributed by atoms with Gasteiger partial charge in [0.25, 0.3) is 5.91 Å². The maximum Gasteiger partial charge on any atom is 0.319 e. The highest BCUT2D eigenvalue weighted by Gasteiger charge is 2.10. The maximum absolute atomic E-state index is 13.2. The number of amides is 3. The Labute approximate surface area is 105 Å². The number of halogens is 1. The van der Waals surface area contributed by atoms with Crippen molar-refractivity contribution in [1.29, 1.82) is 0 Å². The SMILES string of the molecule is CCCCNC(=O)Nc1ccc(F)c(C(N)=O)c1. The van der Waals surface area contributed by atoms with Gasteiger partial charge < -0.3 is 16.4 Å². The predicted octanol–water partition coefficient (Wildman–Crippen LogP) is 1.85. The molecule has 0 spiro atoms. The lowest BCUT2D eigenvalue weighted by Gasteiger charge is -2.08. The molecule has 18 heavy (non-hydrogen) atoms. The molecule has 0 atom stereocenters. The summed E-state index contributed by atoms with van der Waals surface area (Å²) in [5.74, 6) is -1.58. The third-order valence-corrected chi connectivity index (χ3v) is 2.31. The molecule has 0 radical (unpaired) electrons. The number of anilines is 1. The van der Waals surface area contributed by atoms with Crippen molar-refractivity contribution in [2.45, 2.75) is 19.8 Å². The van der Waals surface area contributed by atoms with Crippen LogP contribution in [0.25, 0.3) is 0 Å². The Balaban J connectivity index is 2.65. The number of nitrogens with two attached hydrogens (primary N) is 1. The number of benzene rings is 1. The zero-order valence-corrected chi connectivity index (χ0v) is 10.1. The molecule has 0 aliphatic heterocycles. The molecule has 98 valence electrons. The number of nitrogens with one attached hydrogen (secondary N) is 2. The molecule has 1 aromatic rings. The highest BCUT2D eigenvalue weighted by Crippen LogP contribution is 2.14. The first-order chi connectivity index (χ1) is 8.54. The molecule has 0 aliphatic carbocycles. The summed E-state index contributed by atoms with van der Waals surface area (Å²) < 4.78 is 13.2. The third kappa shape index (κ3) is 4.04. The molecule has 0 saturated heterocycles. The summed E-state index contributed by atoms with van der Waals surface area (Å²) >= 11 is 0. The number of carbonyl (C=O) groups is 2. The topological polar surface area (TPSA) is 84.2 Å². The van der Waals surface area contributed by atoms with Gasteiger partial charge in [-0.05, 0) is 24.6 Å². The van der Waals surface area contributed by atoms with Crippen LogP contribution >= 0.6 is 0 Å². The normalized spacial score (nSPS) is 9.89. The molecule has 0 aromatic heterocycles. The molecule has 0 fully saturated rings. The van der Waals surface area contributed by atoms with Crippen molar-refractivity contribution in [3.05, 3.63) is 29.6 Å². The van der Waals surface area contributed by atoms with Crippen LogP contribution in [0.15, 0.2) is 18.2 Å². The van der Waals surface area contributed by atoms with Crippen LogP contribution in [0.3, 0.4) is 0 Å². The van der Waals surface area contributed by atoms with E-state index in [4.69, 9.17) is 5.73 Å². The molecule has 1 rings (SSSR count). The van der Waals surface area contributed by atoms with E-state index in [1.165, 1.54) is 12.1 Å². The van der Waals surface area contributed by atoms with Gasteiger partial charge >= 0.3 is 6.03 Å². The smallest absolute Gasteiger partial charge is 0.319 e. The fourth-order valence-electron chi connectivity index (χ4n) is 1.35. The van der Waals surface area contributed by atoms with Gasteiger partial charge in [-0.3, -0.25) is 4.79 Å². The Morgan fingerprint density at radius 3 is 2.72 bits per heavy atom. The van der Waals surface area contributed by atoms with E-state index in [1.54, 1.807) is 0 Å². The Hall–Kier alpha value is -2.11. The summed E-state index contributed by atoms with van der Waals surface area (Å²) in [4.78, 5) is 22.3. The molecule has 6 heteroatoms. The van der Waals surface area contributed by atoms with E-state index >= 15 is 0 Å². The van der Waals surface area contributed by atoms with E-state index < -0.39 is 17.8 Å². The van der Waals surface area contributed by atoms with Crippen LogP contribution in [0, 0.1) is 5.82 Å². The zero-order valence-electron chi connectivity index (χ0n) is 10.1. The van der Waals surface area contributed by atoms with E-state index in [0.717, 1.165) is 18.9 Å². The number of hydrogen-bond acceptors (Lipinski definition) is 2. The highest BCUT2D eigenvalue weighted by molar-refractivity contribution is 5.96. The summed E-state index contributed by atoms with van der Waals surface area (Å²) in [6, 6.07) is 3.26. The average Bonchev–Trinajstić information content (AvgIpc) is 2.31. The quantitative estimate of drug-likeness (QED) is 0.699. The summed E-state index contributed by atoms with van der Waals surface area (Å²) in [6.45, 7) is 2.57. The van der Waals surface area contributed by atoms with E-state index in [9.17, 15) is 14.0 Å². The Kier molecular flexibility index (Phi) is 5.10. The molecule has 0 unspecified atom stereocenters. The molecule has 0 aliphatic rings. The van der Waals surface area contributed by atoms with Gasteiger partial charge in [0.1, 0.15) is 5.82 Å². The fraction of sp³-hybridized carbons (Fsp3) is 0.333. The van der Waals surface area contributed by atoms with Crippen molar-refractivity contribution >= 4 is 17.6 Å². The van der Waals surface area contributed by atoms with Crippen molar-refractivity contribution < 1.29 is 14.0 Å². The van der Waals surface area contributed by atoms with Crippen molar-refractivity contribution in [3.63, 3.8) is 0 Å². The summed E-state index contributed by atoms with van der Waals surface area (Å²) in [6.07, 6.45) is 1.85. The van der Waals surface area contributed by atoms with Crippen LogP contribution in [-0.2, 0) is 0 Å². The van der Waals surface area contributed by atoms with Crippen LogP contribution < -0.4 is 16.4 Å². The number of urea groups is 1. The van der Waals surface area contributed by atoms with Gasteiger partial charge in [0, 0.05) is 12.2 Å². The number of hydrogen-bond donors (Lipinski definition) is 3. The average molecular weight is 253 g/mol. The van der Waals surface area contributed by atoms with Gasteiger partial charge in [0.2, 0.25) is 0 Å². The minimum absolute atomic E-state index is 0.249. The van der Waals surface area contributed by atoms with Gasteiger partial charge in [0.15, 0.2) is 0 Å². The molecule has 4 N–H and O–H groups in total. The van der Waals surface area contributed by atoms with Gasteiger partial charge in [-0.15, -0.1) is 0 Å². The lowest BCUT2D eigenvalue weighted by atomic mass is 10.2. The molecular formula is C12H16FN3O2. The first kappa shape index (κ1) is 14.0. The molecule has 0 bridgehead atoms. The maximum atomic E-state index is 13.2. The molecule has 1 aromatic carbocycles. The van der Waals surface area contributed by atoms with Gasteiger partial charge in [0.05, 0.1) is 5.56 Å². The highest BCUT2D eigenvalue weighted by atomic mass is 19.1. The third-order valence-electron chi connectivity index (χ3n) is 2.31. The molecule has 0 saturated carbocycles. The van der Waals surface area contributed by atoms with Gasteiger partial charge in [-0.25, -0.2) is 9.18 Å². The second-order valence-corrected chi connectivity index (χ2v) is 3.79. The van der Waals surface area contributed by atoms with Gasteiger partial charge in [-0.2, -0.15) is 0 Å². The lowest BCUT2D eigenvalue weighted by Crippen LogP contribution is -2.29. The van der Waals surface area contributed by atoms with Crippen LogP contribution in [-0.4, -0.2) is 18.5 Å². The number of rotatable bonds is 5. The van der Waals surface area contributed by atoms with Crippen molar-refractivity contribution in [1.82, 2.24) is 5.32 Å². The molecule has 3 amide bonds. The lowest BCUT2D eigenvalue weighted by molar-refractivity contribution is 0.0996. The van der Waals surface area contributed by atoms with E-state index in [2.05, 4.69) is 10.6 Å². The van der Waals surface area contributed by atoms with E-state index in [-0.39, 0.29) is 5.56 Å². The van der Waals surface area contributed by atoms with Gasteiger partial charge in [-0.1, -0.05) is 13.3 Å². The second-order valence-electron chi connectivity index (χ2n) is 3.79. The first-order valence-electron chi connectivity index (χ1n) is 5.68. The van der Waals surface area contributed by atoms with Crippen molar-refractivity contribution in [2.24, 2.45) is 5.73 Å². The zero-order chi connectivity index (χ0) is 13.5. The van der Waals surface area contributed by atoms with Crippen molar-refractivity contribution in [2.75, 3.05) is 11.9 Å². The number of carbonyl (C=O) groups excluding carboxylic acids is 2. The summed E-state index contributed by atoms with van der Waals surface area (Å²) in [7, 11) is 0. The van der Waals surface area contributed by atoms with Crippen molar-refractivity contribution in [3.8, 4) is 0 Å². The van der Waals surface area contributed by atoms with Crippen LogP contribution in [0.4, 0.5) is 14.9 Å². The standard InChI is InChI=1S/C12H16FN3O2/c1-2-3-6-15-12(18)16-8-4-5-10(13)9(7-8)11(14)17/h4-5,7H,2-3,6H2,1H3,(H2,14,17)(H2,15,16,18). The summed E-state index contributed by atoms with van der Waals surface area (Å²) in [5, 5.41) is 5.13. The minimum Gasteiger partial charge on any atom is -0.366 e. The number of primary amides is 1. The number of unbranched alkanes of at least 4 members (excludes halogenated alkanes) is 1. The minimum atomic E-state index is -0.873. The van der Waals surface area contributed by atoms with Crippen LogP contribution in [0.1, 0.15) is 30.1 Å². The Bertz CT molecular complexity index is 449. The monoisotopic (exact) mass is 253 g/mol. The Morgan fingerprint density at radius 2 is 2.11 bits per heavy atom. The van der Waals surface area contributed by atoms with Crippen LogP contribution in [0.2, 0.25) is 0 Å². The second kappa shape index (κ2) is 6.58. The molecule has 0 heterocycles. The molecule has 5 nitrogen and oxygen atoms in total. The largest absolute Gasteiger partial charge is 0.366 e. The fourth-order valence-corrected chi connectivity index (χ4v) is 1.35.